The number of nitrogens with one attached hydrogen (secondary N) is 2. The van der Waals surface area contributed by atoms with Crippen LogP contribution in [0.3, 0.4) is 0 Å². The summed E-state index contributed by atoms with van der Waals surface area (Å²) in [4.78, 5) is 28.4. The van der Waals surface area contributed by atoms with E-state index in [4.69, 9.17) is 27.9 Å². The van der Waals surface area contributed by atoms with Crippen molar-refractivity contribution in [1.82, 2.24) is 15.1 Å². The summed E-state index contributed by atoms with van der Waals surface area (Å²) in [5.41, 5.74) is 1.51. The molecular formula is C20H22Cl2N4O3. The van der Waals surface area contributed by atoms with E-state index < -0.39 is 18.4 Å². The van der Waals surface area contributed by atoms with Crippen LogP contribution in [0.4, 0.5) is 15.3 Å². The molecule has 1 fully saturated rings. The number of ether oxygens (including phenoxy) is 1. The lowest BCUT2D eigenvalue weighted by molar-refractivity contribution is 0.0975. The van der Waals surface area contributed by atoms with Crippen molar-refractivity contribution in [2.24, 2.45) is 0 Å². The van der Waals surface area contributed by atoms with E-state index >= 15 is 0 Å². The maximum Gasteiger partial charge on any atom is 0.331 e. The van der Waals surface area contributed by atoms with Gasteiger partial charge in [0.05, 0.1) is 18.7 Å². The molecular weight excluding hydrogens is 415 g/mol. The minimum absolute atomic E-state index is 0.279. The fraction of sp³-hybridized carbons (Fsp3) is 0.300. The highest BCUT2D eigenvalue weighted by Gasteiger charge is 2.39. The minimum Gasteiger partial charge on any atom is -0.495 e. The normalized spacial score (nSPS) is 16.8. The molecule has 2 N–H and O–H groups in total. The van der Waals surface area contributed by atoms with Crippen LogP contribution in [0, 0.1) is 0 Å². The summed E-state index contributed by atoms with van der Waals surface area (Å²) in [5.74, 6) is 0.532. The third kappa shape index (κ3) is 4.68. The summed E-state index contributed by atoms with van der Waals surface area (Å²) in [6, 6.07) is 11.2. The lowest BCUT2D eigenvalue weighted by atomic mass is 10.2. The summed E-state index contributed by atoms with van der Waals surface area (Å²) in [5, 5.41) is 7.02. The molecule has 4 amide bonds. The van der Waals surface area contributed by atoms with Gasteiger partial charge in [0.1, 0.15) is 5.75 Å². The van der Waals surface area contributed by atoms with E-state index in [1.807, 2.05) is 12.1 Å². The Hall–Kier alpha value is -2.64. The Kier molecular flexibility index (Phi) is 6.39. The van der Waals surface area contributed by atoms with E-state index in [0.717, 1.165) is 5.56 Å². The molecule has 0 aromatic heterocycles. The molecule has 0 aliphatic carbocycles. The molecule has 7 nitrogen and oxygen atoms in total. The number of urea groups is 2. The third-order valence-corrected chi connectivity index (χ3v) is 5.03. The second-order valence-corrected chi connectivity index (χ2v) is 7.69. The highest BCUT2D eigenvalue weighted by atomic mass is 35.5. The van der Waals surface area contributed by atoms with Crippen LogP contribution in [0.15, 0.2) is 42.5 Å². The van der Waals surface area contributed by atoms with Gasteiger partial charge < -0.3 is 10.1 Å². The number of nitrogens with zero attached hydrogens (tertiary/aromatic N) is 2. The predicted octanol–water partition coefficient (Wildman–Crippen LogP) is 4.75. The van der Waals surface area contributed by atoms with Gasteiger partial charge in [0.25, 0.3) is 0 Å². The molecule has 0 bridgehead atoms. The first kappa shape index (κ1) is 21.1. The number of halogens is 2. The van der Waals surface area contributed by atoms with Crippen molar-refractivity contribution in [3.05, 3.63) is 58.1 Å². The molecule has 9 heteroatoms. The summed E-state index contributed by atoms with van der Waals surface area (Å²) in [7, 11) is 1.53. The third-order valence-electron chi connectivity index (χ3n) is 4.48. The van der Waals surface area contributed by atoms with Crippen molar-refractivity contribution in [3.63, 3.8) is 0 Å². The molecule has 2 aromatic rings. The Labute approximate surface area is 179 Å². The van der Waals surface area contributed by atoms with Crippen LogP contribution in [0.1, 0.15) is 19.4 Å². The van der Waals surface area contributed by atoms with Gasteiger partial charge in [-0.15, -0.1) is 0 Å². The van der Waals surface area contributed by atoms with Gasteiger partial charge in [0.2, 0.25) is 0 Å². The van der Waals surface area contributed by atoms with Crippen LogP contribution in [0.25, 0.3) is 0 Å². The molecule has 1 heterocycles. The van der Waals surface area contributed by atoms with Crippen LogP contribution in [0.2, 0.25) is 10.0 Å². The first-order chi connectivity index (χ1) is 13.8. The topological polar surface area (TPSA) is 73.9 Å². The number of carbonyl (C=O) groups is 2. The summed E-state index contributed by atoms with van der Waals surface area (Å²) in [6.45, 7) is 3.85. The fourth-order valence-corrected chi connectivity index (χ4v) is 3.41. The molecule has 29 heavy (non-hydrogen) atoms. The molecule has 2 aromatic carbocycles. The van der Waals surface area contributed by atoms with Crippen molar-refractivity contribution in [1.29, 1.82) is 0 Å². The molecule has 1 aliphatic rings. The monoisotopic (exact) mass is 436 g/mol. The lowest BCUT2D eigenvalue weighted by Crippen LogP contribution is -2.68. The molecule has 0 spiro atoms. The highest BCUT2D eigenvalue weighted by Crippen LogP contribution is 2.28. The number of amides is 4. The molecule has 1 unspecified atom stereocenters. The van der Waals surface area contributed by atoms with E-state index in [1.165, 1.54) is 12.0 Å². The van der Waals surface area contributed by atoms with Crippen molar-refractivity contribution in [2.75, 3.05) is 12.4 Å². The number of anilines is 1. The Morgan fingerprint density at radius 2 is 1.83 bits per heavy atom. The molecule has 0 saturated carbocycles. The van der Waals surface area contributed by atoms with Gasteiger partial charge in [-0.2, -0.15) is 0 Å². The largest absolute Gasteiger partial charge is 0.495 e. The number of hydrogen-bond acceptors (Lipinski definition) is 4. The van der Waals surface area contributed by atoms with Crippen LogP contribution >= 0.6 is 23.2 Å². The lowest BCUT2D eigenvalue weighted by Gasteiger charge is -2.42. The number of imide groups is 1. The summed E-state index contributed by atoms with van der Waals surface area (Å²) >= 11 is 12.2. The van der Waals surface area contributed by atoms with Crippen LogP contribution in [0.5, 0.6) is 5.75 Å². The molecule has 154 valence electrons. The van der Waals surface area contributed by atoms with Crippen LogP contribution in [-0.4, -0.2) is 41.3 Å². The first-order valence-corrected chi connectivity index (χ1v) is 9.80. The van der Waals surface area contributed by atoms with E-state index in [2.05, 4.69) is 10.6 Å². The SMILES string of the molecule is COc1ccc(NC2NC(=O)N(C(C)C)C(=O)N2Cc2ccc(Cl)cc2)cc1Cl. The van der Waals surface area contributed by atoms with E-state index in [9.17, 15) is 9.59 Å². The van der Waals surface area contributed by atoms with Crippen molar-refractivity contribution in [3.8, 4) is 5.75 Å². The average Bonchev–Trinajstić information content (AvgIpc) is 2.66. The van der Waals surface area contributed by atoms with Crippen molar-refractivity contribution < 1.29 is 14.3 Å². The molecule has 1 atom stereocenters. The van der Waals surface area contributed by atoms with Gasteiger partial charge in [0, 0.05) is 16.8 Å². The zero-order valence-corrected chi connectivity index (χ0v) is 17.8. The Bertz CT molecular complexity index is 905. The van der Waals surface area contributed by atoms with Crippen LogP contribution in [-0.2, 0) is 6.54 Å². The average molecular weight is 437 g/mol. The van der Waals surface area contributed by atoms with E-state index in [0.29, 0.717) is 21.5 Å². The van der Waals surface area contributed by atoms with Gasteiger partial charge >= 0.3 is 12.1 Å². The standard InChI is InChI=1S/C20H22Cl2N4O3/c1-12(2)26-19(27)24-18(23-15-8-9-17(29-3)16(22)10-15)25(20(26)28)11-13-4-6-14(21)7-5-13/h4-10,12,18,23H,11H2,1-3H3,(H,24,27). The van der Waals surface area contributed by atoms with Gasteiger partial charge in [-0.05, 0) is 49.7 Å². The number of carbonyl (C=O) groups excluding carboxylic acids is 2. The smallest absolute Gasteiger partial charge is 0.331 e. The maximum absolute atomic E-state index is 13.1. The zero-order valence-electron chi connectivity index (χ0n) is 16.3. The van der Waals surface area contributed by atoms with Crippen molar-refractivity contribution in [2.45, 2.75) is 32.7 Å². The van der Waals surface area contributed by atoms with Crippen molar-refractivity contribution >= 4 is 41.0 Å². The number of rotatable bonds is 6. The Morgan fingerprint density at radius 3 is 2.41 bits per heavy atom. The van der Waals surface area contributed by atoms with E-state index in [-0.39, 0.29) is 12.6 Å². The number of benzene rings is 2. The summed E-state index contributed by atoms with van der Waals surface area (Å²) in [6.07, 6.45) is -0.759. The number of hydrogen-bond donors (Lipinski definition) is 2. The maximum atomic E-state index is 13.1. The second-order valence-electron chi connectivity index (χ2n) is 6.85. The number of methoxy groups -OCH3 is 1. The highest BCUT2D eigenvalue weighted by molar-refractivity contribution is 6.32. The first-order valence-electron chi connectivity index (χ1n) is 9.05. The predicted molar refractivity (Wildman–Crippen MR) is 113 cm³/mol. The Balaban J connectivity index is 1.89. The molecule has 3 rings (SSSR count). The van der Waals surface area contributed by atoms with Gasteiger partial charge in [0.15, 0.2) is 6.29 Å². The second kappa shape index (κ2) is 8.80. The van der Waals surface area contributed by atoms with Gasteiger partial charge in [-0.1, -0.05) is 35.3 Å². The van der Waals surface area contributed by atoms with Gasteiger partial charge in [-0.25, -0.2) is 14.5 Å². The molecule has 1 aliphatic heterocycles. The molecule has 0 radical (unpaired) electrons. The quantitative estimate of drug-likeness (QED) is 0.684. The molecule has 1 saturated heterocycles. The zero-order chi connectivity index (χ0) is 21.1. The van der Waals surface area contributed by atoms with Gasteiger partial charge in [-0.3, -0.25) is 10.2 Å². The fourth-order valence-electron chi connectivity index (χ4n) is 3.03. The Morgan fingerprint density at radius 1 is 1.14 bits per heavy atom. The van der Waals surface area contributed by atoms with Crippen LogP contribution < -0.4 is 15.4 Å². The summed E-state index contributed by atoms with van der Waals surface area (Å²) < 4.78 is 5.16. The minimum atomic E-state index is -0.759. The van der Waals surface area contributed by atoms with E-state index in [1.54, 1.807) is 49.1 Å².